The topological polar surface area (TPSA) is 105 Å². The second kappa shape index (κ2) is 15.7. The number of halogens is 2. The van der Waals surface area contributed by atoms with E-state index in [2.05, 4.69) is 5.32 Å². The number of carbonyl (C=O) groups is 2. The summed E-state index contributed by atoms with van der Waals surface area (Å²) in [4.78, 5) is 29.3. The molecule has 9 nitrogen and oxygen atoms in total. The number of carbonyl (C=O) groups excluding carboxylic acids is 2. The van der Waals surface area contributed by atoms with Gasteiger partial charge in [-0.05, 0) is 55.2 Å². The number of anilines is 1. The lowest BCUT2D eigenvalue weighted by Crippen LogP contribution is -2.52. The third-order valence-corrected chi connectivity index (χ3v) is 9.51. The number of amides is 2. The molecule has 242 valence electrons. The predicted molar refractivity (Wildman–Crippen MR) is 178 cm³/mol. The van der Waals surface area contributed by atoms with Gasteiger partial charge in [0.1, 0.15) is 19.3 Å². The summed E-state index contributed by atoms with van der Waals surface area (Å²) in [5.74, 6) is 0.451. The number of nitrogens with zero attached hydrogens (tertiary/aromatic N) is 2. The van der Waals surface area contributed by atoms with E-state index in [1.54, 1.807) is 41.3 Å². The second-order valence-corrected chi connectivity index (χ2v) is 13.8. The average molecular weight is 677 g/mol. The second-order valence-electron chi connectivity index (χ2n) is 11.1. The number of hydrogen-bond donors (Lipinski definition) is 1. The smallest absolute Gasteiger partial charge is 0.243 e. The van der Waals surface area contributed by atoms with Crippen molar-refractivity contribution in [3.05, 3.63) is 87.9 Å². The zero-order valence-corrected chi connectivity index (χ0v) is 28.0. The molecule has 0 saturated carbocycles. The standard InChI is InChI=1S/C33H39Cl2N3O6S/c1-4-23(2)36-33(40)29(20-24-9-6-5-7-10-24)37(22-25-12-14-27(34)28(35)19-25)32(39)11-8-16-38(45(3,41)42)26-13-15-30-31(21-26)44-18-17-43-30/h5-7,9-10,12-15,19,21,23,29H,4,8,11,16-18,20,22H2,1-3H3,(H,36,40)/t23-,29-/m1/s1. The van der Waals surface area contributed by atoms with Gasteiger partial charge in [0, 0.05) is 38.0 Å². The summed E-state index contributed by atoms with van der Waals surface area (Å²) in [6.45, 7) is 4.84. The Morgan fingerprint density at radius 1 is 0.933 bits per heavy atom. The number of sulfonamides is 1. The van der Waals surface area contributed by atoms with E-state index in [0.29, 0.717) is 52.4 Å². The highest BCUT2D eigenvalue weighted by Crippen LogP contribution is 2.35. The third-order valence-electron chi connectivity index (χ3n) is 7.57. The van der Waals surface area contributed by atoms with Gasteiger partial charge in [0.05, 0.1) is 22.0 Å². The number of ether oxygens (including phenoxy) is 2. The van der Waals surface area contributed by atoms with E-state index in [4.69, 9.17) is 32.7 Å². The van der Waals surface area contributed by atoms with Gasteiger partial charge in [-0.15, -0.1) is 0 Å². The van der Waals surface area contributed by atoms with Crippen LogP contribution < -0.4 is 19.1 Å². The van der Waals surface area contributed by atoms with Crippen LogP contribution in [0.4, 0.5) is 5.69 Å². The number of nitrogens with one attached hydrogen (secondary N) is 1. The number of fused-ring (bicyclic) bond motifs is 1. The van der Waals surface area contributed by atoms with Gasteiger partial charge in [-0.25, -0.2) is 8.42 Å². The van der Waals surface area contributed by atoms with Crippen molar-refractivity contribution < 1.29 is 27.5 Å². The van der Waals surface area contributed by atoms with Crippen molar-refractivity contribution in [2.24, 2.45) is 0 Å². The van der Waals surface area contributed by atoms with Crippen molar-refractivity contribution in [3.8, 4) is 11.5 Å². The highest BCUT2D eigenvalue weighted by atomic mass is 35.5. The molecule has 1 N–H and O–H groups in total. The van der Waals surface area contributed by atoms with Crippen molar-refractivity contribution in [2.45, 2.75) is 58.2 Å². The zero-order chi connectivity index (χ0) is 32.6. The lowest BCUT2D eigenvalue weighted by molar-refractivity contribution is -0.141. The monoisotopic (exact) mass is 675 g/mol. The maximum atomic E-state index is 14.0. The maximum Gasteiger partial charge on any atom is 0.243 e. The van der Waals surface area contributed by atoms with Gasteiger partial charge < -0.3 is 19.7 Å². The van der Waals surface area contributed by atoms with Crippen molar-refractivity contribution in [1.82, 2.24) is 10.2 Å². The van der Waals surface area contributed by atoms with Gasteiger partial charge in [0.15, 0.2) is 11.5 Å². The molecule has 45 heavy (non-hydrogen) atoms. The van der Waals surface area contributed by atoms with Crippen LogP contribution in [0, 0.1) is 0 Å². The minimum atomic E-state index is -3.69. The number of hydrogen-bond acceptors (Lipinski definition) is 6. The first-order valence-corrected chi connectivity index (χ1v) is 17.5. The third kappa shape index (κ3) is 9.51. The first-order chi connectivity index (χ1) is 21.5. The summed E-state index contributed by atoms with van der Waals surface area (Å²) in [5.41, 5.74) is 2.02. The number of rotatable bonds is 14. The fourth-order valence-electron chi connectivity index (χ4n) is 5.02. The molecule has 0 aliphatic carbocycles. The van der Waals surface area contributed by atoms with Gasteiger partial charge in [0.25, 0.3) is 0 Å². The Kier molecular flexibility index (Phi) is 12.0. The van der Waals surface area contributed by atoms with E-state index in [1.807, 2.05) is 44.2 Å². The lowest BCUT2D eigenvalue weighted by Gasteiger charge is -2.33. The molecule has 0 unspecified atom stereocenters. The normalized spacial score (nSPS) is 13.9. The Labute approximate surface area is 275 Å². The molecule has 4 rings (SSSR count). The summed E-state index contributed by atoms with van der Waals surface area (Å²) < 4.78 is 38.1. The molecule has 0 fully saturated rings. The molecule has 1 heterocycles. The van der Waals surface area contributed by atoms with Crippen LogP contribution in [0.3, 0.4) is 0 Å². The molecule has 0 saturated heterocycles. The van der Waals surface area contributed by atoms with Crippen LogP contribution in [0.2, 0.25) is 10.0 Å². The van der Waals surface area contributed by atoms with Crippen LogP contribution in [0.15, 0.2) is 66.7 Å². The number of benzene rings is 3. The van der Waals surface area contributed by atoms with Crippen molar-refractivity contribution in [1.29, 1.82) is 0 Å². The first kappa shape index (κ1) is 34.4. The average Bonchev–Trinajstić information content (AvgIpc) is 3.02. The Bertz CT molecular complexity index is 1590. The van der Waals surface area contributed by atoms with Crippen LogP contribution in [-0.4, -0.2) is 63.2 Å². The molecule has 3 aromatic rings. The van der Waals surface area contributed by atoms with E-state index in [-0.39, 0.29) is 43.8 Å². The molecule has 0 radical (unpaired) electrons. The first-order valence-electron chi connectivity index (χ1n) is 14.9. The Hall–Kier alpha value is -3.47. The van der Waals surface area contributed by atoms with Gasteiger partial charge in [0.2, 0.25) is 21.8 Å². The fraction of sp³-hybridized carbons (Fsp3) is 0.394. The van der Waals surface area contributed by atoms with Crippen molar-refractivity contribution in [2.75, 3.05) is 30.3 Å². The van der Waals surface area contributed by atoms with Gasteiger partial charge in [-0.3, -0.25) is 13.9 Å². The fourth-order valence-corrected chi connectivity index (χ4v) is 6.30. The maximum absolute atomic E-state index is 14.0. The summed E-state index contributed by atoms with van der Waals surface area (Å²) in [7, 11) is -3.69. The van der Waals surface area contributed by atoms with Crippen LogP contribution in [0.1, 0.15) is 44.2 Å². The van der Waals surface area contributed by atoms with E-state index in [9.17, 15) is 18.0 Å². The van der Waals surface area contributed by atoms with E-state index in [1.165, 1.54) is 4.31 Å². The minimum Gasteiger partial charge on any atom is -0.486 e. The van der Waals surface area contributed by atoms with Crippen LogP contribution >= 0.6 is 23.2 Å². The lowest BCUT2D eigenvalue weighted by atomic mass is 10.0. The quantitative estimate of drug-likeness (QED) is 0.229. The van der Waals surface area contributed by atoms with Crippen LogP contribution in [0.25, 0.3) is 0 Å². The van der Waals surface area contributed by atoms with Gasteiger partial charge in [-0.1, -0.05) is 66.5 Å². The molecule has 0 aromatic heterocycles. The van der Waals surface area contributed by atoms with E-state index >= 15 is 0 Å². The van der Waals surface area contributed by atoms with Crippen molar-refractivity contribution >= 4 is 50.7 Å². The Morgan fingerprint density at radius 2 is 1.64 bits per heavy atom. The summed E-state index contributed by atoms with van der Waals surface area (Å²) in [6, 6.07) is 18.7. The zero-order valence-electron chi connectivity index (χ0n) is 25.7. The highest BCUT2D eigenvalue weighted by Gasteiger charge is 2.31. The molecule has 1 aliphatic rings. The predicted octanol–water partition coefficient (Wildman–Crippen LogP) is 5.87. The molecule has 12 heteroatoms. The summed E-state index contributed by atoms with van der Waals surface area (Å²) in [6.07, 6.45) is 2.36. The Morgan fingerprint density at radius 3 is 2.31 bits per heavy atom. The molecule has 3 aromatic carbocycles. The minimum absolute atomic E-state index is 0.000204. The SMILES string of the molecule is CC[C@@H](C)NC(=O)[C@@H](Cc1ccccc1)N(Cc1ccc(Cl)c(Cl)c1)C(=O)CCCN(c1ccc2c(c1)OCCO2)S(C)(=O)=O. The molecule has 2 atom stereocenters. The largest absolute Gasteiger partial charge is 0.486 e. The van der Waals surface area contributed by atoms with E-state index < -0.39 is 16.1 Å². The highest BCUT2D eigenvalue weighted by molar-refractivity contribution is 7.92. The Balaban J connectivity index is 1.60. The van der Waals surface area contributed by atoms with Crippen molar-refractivity contribution in [3.63, 3.8) is 0 Å². The molecular weight excluding hydrogens is 637 g/mol. The summed E-state index contributed by atoms with van der Waals surface area (Å²) in [5, 5.41) is 3.77. The summed E-state index contributed by atoms with van der Waals surface area (Å²) >= 11 is 12.5. The molecular formula is C33H39Cl2N3O6S. The van der Waals surface area contributed by atoms with Crippen LogP contribution in [-0.2, 0) is 32.6 Å². The van der Waals surface area contributed by atoms with Gasteiger partial charge in [-0.2, -0.15) is 0 Å². The molecule has 2 amide bonds. The van der Waals surface area contributed by atoms with E-state index in [0.717, 1.165) is 18.2 Å². The molecule has 1 aliphatic heterocycles. The molecule has 0 bridgehead atoms. The molecule has 0 spiro atoms. The van der Waals surface area contributed by atoms with Gasteiger partial charge >= 0.3 is 0 Å². The van der Waals surface area contributed by atoms with Crippen LogP contribution in [0.5, 0.6) is 11.5 Å².